The monoisotopic (exact) mass is 296 g/mol. The van der Waals surface area contributed by atoms with Gasteiger partial charge in [-0.25, -0.2) is 0 Å². The number of anilines is 1. The zero-order valence-electron chi connectivity index (χ0n) is 13.3. The lowest BCUT2D eigenvalue weighted by Gasteiger charge is -2.26. The fourth-order valence-corrected chi connectivity index (χ4v) is 2.14. The maximum absolute atomic E-state index is 10.1. The Balaban J connectivity index is 2.42. The number of para-hydroxylation sites is 2. The predicted octanol–water partition coefficient (Wildman–Crippen LogP) is 1.61. The number of rotatable bonds is 10. The fourth-order valence-electron chi connectivity index (χ4n) is 2.14. The molecule has 3 N–H and O–H groups in total. The molecule has 0 aromatic heterocycles. The summed E-state index contributed by atoms with van der Waals surface area (Å²) in [5, 5.41) is 10.1. The number of hydrogen-bond acceptors (Lipinski definition) is 5. The summed E-state index contributed by atoms with van der Waals surface area (Å²) in [7, 11) is 1.69. The van der Waals surface area contributed by atoms with Gasteiger partial charge in [0.25, 0.3) is 0 Å². The van der Waals surface area contributed by atoms with Crippen molar-refractivity contribution in [2.75, 3.05) is 45.7 Å². The van der Waals surface area contributed by atoms with Crippen LogP contribution in [0, 0.1) is 5.92 Å². The van der Waals surface area contributed by atoms with Gasteiger partial charge in [0.05, 0.1) is 12.3 Å². The molecule has 0 fully saturated rings. The molecule has 0 saturated heterocycles. The molecule has 0 bridgehead atoms. The average Bonchev–Trinajstić information content (AvgIpc) is 2.43. The standard InChI is InChI=1S/C16H28N2O3/c1-13(2)10-18(8-9-20-3)11-14(19)12-21-16-7-5-4-6-15(16)17/h4-7,13-14,19H,8-12,17H2,1-3H3. The van der Waals surface area contributed by atoms with Crippen molar-refractivity contribution >= 4 is 5.69 Å². The third-order valence-electron chi connectivity index (χ3n) is 3.05. The summed E-state index contributed by atoms with van der Waals surface area (Å²) in [5.74, 6) is 1.16. The second-order valence-electron chi connectivity index (χ2n) is 5.65. The van der Waals surface area contributed by atoms with Crippen molar-refractivity contribution in [3.63, 3.8) is 0 Å². The Labute approximate surface area is 127 Å². The third kappa shape index (κ3) is 7.32. The number of benzene rings is 1. The SMILES string of the molecule is COCCN(CC(C)C)CC(O)COc1ccccc1N. The molecule has 1 aromatic carbocycles. The minimum Gasteiger partial charge on any atom is -0.489 e. The maximum Gasteiger partial charge on any atom is 0.142 e. The molecule has 0 amide bonds. The van der Waals surface area contributed by atoms with Crippen LogP contribution in [0.2, 0.25) is 0 Å². The molecule has 0 radical (unpaired) electrons. The van der Waals surface area contributed by atoms with Crippen molar-refractivity contribution in [3.05, 3.63) is 24.3 Å². The number of nitrogen functional groups attached to an aromatic ring is 1. The van der Waals surface area contributed by atoms with Gasteiger partial charge in [-0.2, -0.15) is 0 Å². The van der Waals surface area contributed by atoms with Crippen LogP contribution in [0.5, 0.6) is 5.75 Å². The van der Waals surface area contributed by atoms with E-state index < -0.39 is 6.10 Å². The second-order valence-corrected chi connectivity index (χ2v) is 5.65. The van der Waals surface area contributed by atoms with Crippen LogP contribution in [0.25, 0.3) is 0 Å². The van der Waals surface area contributed by atoms with E-state index in [1.54, 1.807) is 19.2 Å². The van der Waals surface area contributed by atoms with E-state index in [2.05, 4.69) is 18.7 Å². The summed E-state index contributed by atoms with van der Waals surface area (Å²) in [6.07, 6.45) is -0.555. The van der Waals surface area contributed by atoms with Gasteiger partial charge in [0, 0.05) is 26.7 Å². The van der Waals surface area contributed by atoms with E-state index in [4.69, 9.17) is 15.2 Å². The number of aliphatic hydroxyl groups is 1. The molecule has 1 unspecified atom stereocenters. The molecule has 1 aromatic rings. The normalized spacial score (nSPS) is 12.9. The van der Waals surface area contributed by atoms with Gasteiger partial charge in [-0.05, 0) is 18.1 Å². The molecule has 21 heavy (non-hydrogen) atoms. The molecular formula is C16H28N2O3. The first kappa shape index (κ1) is 17.8. The lowest BCUT2D eigenvalue weighted by Crippen LogP contribution is -2.39. The van der Waals surface area contributed by atoms with Crippen LogP contribution in [0.1, 0.15) is 13.8 Å². The molecular weight excluding hydrogens is 268 g/mol. The van der Waals surface area contributed by atoms with Crippen LogP contribution in [-0.4, -0.2) is 56.1 Å². The Morgan fingerprint density at radius 2 is 1.95 bits per heavy atom. The molecule has 0 spiro atoms. The minimum absolute atomic E-state index is 0.232. The topological polar surface area (TPSA) is 68.0 Å². The molecule has 1 rings (SSSR count). The van der Waals surface area contributed by atoms with Crippen molar-refractivity contribution in [1.29, 1.82) is 0 Å². The number of aliphatic hydroxyl groups excluding tert-OH is 1. The molecule has 0 aliphatic rings. The molecule has 5 heteroatoms. The van der Waals surface area contributed by atoms with Gasteiger partial charge in [-0.1, -0.05) is 26.0 Å². The van der Waals surface area contributed by atoms with E-state index in [0.29, 0.717) is 30.5 Å². The number of nitrogens with zero attached hydrogens (tertiary/aromatic N) is 1. The Morgan fingerprint density at radius 1 is 1.24 bits per heavy atom. The van der Waals surface area contributed by atoms with E-state index in [-0.39, 0.29) is 6.61 Å². The maximum atomic E-state index is 10.1. The average molecular weight is 296 g/mol. The zero-order valence-corrected chi connectivity index (χ0v) is 13.3. The fraction of sp³-hybridized carbons (Fsp3) is 0.625. The second kappa shape index (κ2) is 9.60. The van der Waals surface area contributed by atoms with Crippen molar-refractivity contribution < 1.29 is 14.6 Å². The van der Waals surface area contributed by atoms with Crippen LogP contribution in [0.15, 0.2) is 24.3 Å². The summed E-state index contributed by atoms with van der Waals surface area (Å²) in [6.45, 7) is 7.50. The highest BCUT2D eigenvalue weighted by atomic mass is 16.5. The quantitative estimate of drug-likeness (QED) is 0.642. The van der Waals surface area contributed by atoms with Crippen molar-refractivity contribution in [2.24, 2.45) is 5.92 Å². The number of nitrogens with two attached hydrogens (primary N) is 1. The van der Waals surface area contributed by atoms with Gasteiger partial charge in [0.1, 0.15) is 18.5 Å². The molecule has 0 aliphatic carbocycles. The summed E-state index contributed by atoms with van der Waals surface area (Å²) < 4.78 is 10.7. The van der Waals surface area contributed by atoms with E-state index in [1.165, 1.54) is 0 Å². The zero-order chi connectivity index (χ0) is 15.7. The molecule has 1 atom stereocenters. The van der Waals surface area contributed by atoms with E-state index in [9.17, 15) is 5.11 Å². The molecule has 0 heterocycles. The van der Waals surface area contributed by atoms with Crippen LogP contribution >= 0.6 is 0 Å². The highest BCUT2D eigenvalue weighted by molar-refractivity contribution is 5.51. The first-order valence-corrected chi connectivity index (χ1v) is 7.39. The van der Waals surface area contributed by atoms with E-state index in [1.807, 2.05) is 12.1 Å². The first-order chi connectivity index (χ1) is 10.0. The van der Waals surface area contributed by atoms with Gasteiger partial charge in [-0.15, -0.1) is 0 Å². The largest absolute Gasteiger partial charge is 0.489 e. The third-order valence-corrected chi connectivity index (χ3v) is 3.05. The molecule has 120 valence electrons. The molecule has 0 saturated carbocycles. The van der Waals surface area contributed by atoms with Gasteiger partial charge in [0.2, 0.25) is 0 Å². The van der Waals surface area contributed by atoms with Gasteiger partial charge >= 0.3 is 0 Å². The molecule has 0 aliphatic heterocycles. The lowest BCUT2D eigenvalue weighted by molar-refractivity contribution is 0.0531. The Bertz CT molecular complexity index is 399. The summed E-state index contributed by atoms with van der Waals surface area (Å²) >= 11 is 0. The summed E-state index contributed by atoms with van der Waals surface area (Å²) in [5.41, 5.74) is 6.39. The summed E-state index contributed by atoms with van der Waals surface area (Å²) in [6, 6.07) is 7.31. The van der Waals surface area contributed by atoms with Gasteiger partial charge < -0.3 is 20.3 Å². The van der Waals surface area contributed by atoms with Crippen LogP contribution in [0.3, 0.4) is 0 Å². The Kier molecular flexibility index (Phi) is 8.12. The molecule has 5 nitrogen and oxygen atoms in total. The number of ether oxygens (including phenoxy) is 2. The minimum atomic E-state index is -0.555. The summed E-state index contributed by atoms with van der Waals surface area (Å²) in [4.78, 5) is 2.19. The predicted molar refractivity (Wildman–Crippen MR) is 85.5 cm³/mol. The van der Waals surface area contributed by atoms with Crippen molar-refractivity contribution in [2.45, 2.75) is 20.0 Å². The first-order valence-electron chi connectivity index (χ1n) is 7.39. The lowest BCUT2D eigenvalue weighted by atomic mass is 10.2. The number of methoxy groups -OCH3 is 1. The van der Waals surface area contributed by atoms with Crippen molar-refractivity contribution in [3.8, 4) is 5.75 Å². The smallest absolute Gasteiger partial charge is 0.142 e. The van der Waals surface area contributed by atoms with Crippen molar-refractivity contribution in [1.82, 2.24) is 4.90 Å². The van der Waals surface area contributed by atoms with Gasteiger partial charge in [0.15, 0.2) is 0 Å². The Morgan fingerprint density at radius 3 is 2.57 bits per heavy atom. The van der Waals surface area contributed by atoms with Crippen LogP contribution in [0.4, 0.5) is 5.69 Å². The van der Waals surface area contributed by atoms with Crippen LogP contribution in [-0.2, 0) is 4.74 Å². The Hall–Kier alpha value is -1.30. The van der Waals surface area contributed by atoms with Gasteiger partial charge in [-0.3, -0.25) is 4.90 Å². The number of hydrogen-bond donors (Lipinski definition) is 2. The van der Waals surface area contributed by atoms with Crippen LogP contribution < -0.4 is 10.5 Å². The van der Waals surface area contributed by atoms with E-state index >= 15 is 0 Å². The highest BCUT2D eigenvalue weighted by Crippen LogP contribution is 2.19. The van der Waals surface area contributed by atoms with E-state index in [0.717, 1.165) is 13.1 Å². The highest BCUT2D eigenvalue weighted by Gasteiger charge is 2.14.